The van der Waals surface area contributed by atoms with Crippen LogP contribution in [0, 0.1) is 5.92 Å². The van der Waals surface area contributed by atoms with E-state index in [-0.39, 0.29) is 18.7 Å². The van der Waals surface area contributed by atoms with E-state index in [0.29, 0.717) is 5.92 Å². The molecule has 5 heteroatoms. The lowest BCUT2D eigenvalue weighted by atomic mass is 9.96. The van der Waals surface area contributed by atoms with E-state index in [1.807, 2.05) is 51.1 Å². The van der Waals surface area contributed by atoms with Crippen LogP contribution >= 0.6 is 0 Å². The Kier molecular flexibility index (Phi) is 6.63. The van der Waals surface area contributed by atoms with E-state index in [4.69, 9.17) is 4.74 Å². The van der Waals surface area contributed by atoms with Crippen LogP contribution in [0.15, 0.2) is 30.3 Å². The summed E-state index contributed by atoms with van der Waals surface area (Å²) in [6.45, 7) is 8.07. The van der Waals surface area contributed by atoms with E-state index in [2.05, 4.69) is 5.32 Å². The highest BCUT2D eigenvalue weighted by Crippen LogP contribution is 2.20. The van der Waals surface area contributed by atoms with Crippen molar-refractivity contribution >= 4 is 6.09 Å². The lowest BCUT2D eigenvalue weighted by Crippen LogP contribution is -2.43. The van der Waals surface area contributed by atoms with Gasteiger partial charge in [-0.2, -0.15) is 0 Å². The van der Waals surface area contributed by atoms with E-state index in [0.717, 1.165) is 38.0 Å². The third-order valence-corrected chi connectivity index (χ3v) is 4.30. The molecule has 24 heavy (non-hydrogen) atoms. The van der Waals surface area contributed by atoms with Crippen molar-refractivity contribution in [1.82, 2.24) is 10.2 Å². The molecule has 1 heterocycles. The number of piperidine rings is 1. The maximum atomic E-state index is 12.1. The quantitative estimate of drug-likeness (QED) is 0.869. The molecule has 5 nitrogen and oxygen atoms in total. The topological polar surface area (TPSA) is 61.8 Å². The first-order valence-electron chi connectivity index (χ1n) is 8.76. The number of hydrogen-bond donors (Lipinski definition) is 2. The van der Waals surface area contributed by atoms with Crippen LogP contribution in [0.3, 0.4) is 0 Å². The zero-order chi connectivity index (χ0) is 17.6. The Morgan fingerprint density at radius 3 is 2.46 bits per heavy atom. The van der Waals surface area contributed by atoms with Gasteiger partial charge in [-0.3, -0.25) is 0 Å². The number of amides is 1. The predicted octanol–water partition coefficient (Wildman–Crippen LogP) is 2.96. The van der Waals surface area contributed by atoms with Crippen LogP contribution in [0.4, 0.5) is 4.79 Å². The smallest absolute Gasteiger partial charge is 0.410 e. The third-order valence-electron chi connectivity index (χ3n) is 4.30. The van der Waals surface area contributed by atoms with Gasteiger partial charge in [-0.05, 0) is 51.6 Å². The Morgan fingerprint density at radius 2 is 1.92 bits per heavy atom. The Balaban J connectivity index is 1.76. The summed E-state index contributed by atoms with van der Waals surface area (Å²) in [7, 11) is 0. The molecule has 0 spiro atoms. The molecule has 0 aliphatic carbocycles. The van der Waals surface area contributed by atoms with Gasteiger partial charge in [0.15, 0.2) is 0 Å². The molecule has 1 aliphatic heterocycles. The van der Waals surface area contributed by atoms with Crippen molar-refractivity contribution in [3.05, 3.63) is 35.9 Å². The zero-order valence-electron chi connectivity index (χ0n) is 15.0. The molecular weight excluding hydrogens is 304 g/mol. The van der Waals surface area contributed by atoms with Crippen molar-refractivity contribution in [1.29, 1.82) is 0 Å². The van der Waals surface area contributed by atoms with Crippen LogP contribution in [-0.4, -0.2) is 47.9 Å². The number of likely N-dealkylation sites (tertiary alicyclic amines) is 1. The van der Waals surface area contributed by atoms with Crippen molar-refractivity contribution in [2.45, 2.75) is 45.3 Å². The van der Waals surface area contributed by atoms with Gasteiger partial charge in [-0.1, -0.05) is 30.3 Å². The Labute approximate surface area is 145 Å². The molecule has 2 rings (SSSR count). The van der Waals surface area contributed by atoms with Crippen molar-refractivity contribution < 1.29 is 14.6 Å². The number of ether oxygens (including phenoxy) is 1. The summed E-state index contributed by atoms with van der Waals surface area (Å²) in [4.78, 5) is 13.9. The number of rotatable bonds is 5. The molecule has 2 N–H and O–H groups in total. The fourth-order valence-electron chi connectivity index (χ4n) is 2.93. The molecule has 0 bridgehead atoms. The molecular formula is C19H30N2O3. The number of nitrogens with zero attached hydrogens (tertiary/aromatic N) is 1. The normalized spacial score (nSPS) is 17.6. The second-order valence-corrected chi connectivity index (χ2v) is 7.46. The number of benzene rings is 1. The number of carbonyl (C=O) groups is 1. The molecule has 1 fully saturated rings. The molecule has 1 aliphatic rings. The standard InChI is InChI=1S/C19H30N2O3/c1-19(2,3)24-18(23)21-11-9-15(10-12-21)13-20-17(14-22)16-7-5-4-6-8-16/h4-8,15,17,20,22H,9-14H2,1-3H3. The number of aliphatic hydroxyl groups is 1. The van der Waals surface area contributed by atoms with Crippen LogP contribution in [0.5, 0.6) is 0 Å². The Hall–Kier alpha value is -1.59. The zero-order valence-corrected chi connectivity index (χ0v) is 15.0. The van der Waals surface area contributed by atoms with Crippen LogP contribution in [-0.2, 0) is 4.74 Å². The highest BCUT2D eigenvalue weighted by Gasteiger charge is 2.27. The maximum Gasteiger partial charge on any atom is 0.410 e. The fourth-order valence-corrected chi connectivity index (χ4v) is 2.93. The SMILES string of the molecule is CC(C)(C)OC(=O)N1CCC(CNC(CO)c2ccccc2)CC1. The van der Waals surface area contributed by atoms with Crippen molar-refractivity contribution in [3.8, 4) is 0 Å². The van der Waals surface area contributed by atoms with Crippen molar-refractivity contribution in [2.75, 3.05) is 26.2 Å². The molecule has 0 saturated carbocycles. The van der Waals surface area contributed by atoms with Crippen LogP contribution < -0.4 is 5.32 Å². The third kappa shape index (κ3) is 5.80. The Bertz CT molecular complexity index is 505. The van der Waals surface area contributed by atoms with Gasteiger partial charge >= 0.3 is 6.09 Å². The summed E-state index contributed by atoms with van der Waals surface area (Å²) >= 11 is 0. The molecule has 0 radical (unpaired) electrons. The van der Waals surface area contributed by atoms with Gasteiger partial charge in [-0.15, -0.1) is 0 Å². The predicted molar refractivity (Wildman–Crippen MR) is 94.8 cm³/mol. The molecule has 1 atom stereocenters. The molecule has 0 aromatic heterocycles. The number of hydrogen-bond acceptors (Lipinski definition) is 4. The first-order valence-corrected chi connectivity index (χ1v) is 8.76. The molecule has 1 aromatic carbocycles. The van der Waals surface area contributed by atoms with Crippen molar-refractivity contribution in [2.24, 2.45) is 5.92 Å². The first-order chi connectivity index (χ1) is 11.4. The van der Waals surface area contributed by atoms with Gasteiger partial charge in [0, 0.05) is 13.1 Å². The number of aliphatic hydroxyl groups excluding tert-OH is 1. The maximum absolute atomic E-state index is 12.1. The number of nitrogens with one attached hydrogen (secondary N) is 1. The van der Waals surface area contributed by atoms with Gasteiger partial charge < -0.3 is 20.1 Å². The lowest BCUT2D eigenvalue weighted by molar-refractivity contribution is 0.0183. The van der Waals surface area contributed by atoms with Crippen LogP contribution in [0.25, 0.3) is 0 Å². The molecule has 1 amide bonds. The summed E-state index contributed by atoms with van der Waals surface area (Å²) in [5, 5.41) is 13.1. The minimum atomic E-state index is -0.445. The first kappa shape index (κ1) is 18.7. The summed E-state index contributed by atoms with van der Waals surface area (Å²) in [5.74, 6) is 0.515. The largest absolute Gasteiger partial charge is 0.444 e. The molecule has 1 saturated heterocycles. The van der Waals surface area contributed by atoms with Gasteiger partial charge in [0.2, 0.25) is 0 Å². The summed E-state index contributed by atoms with van der Waals surface area (Å²) in [6.07, 6.45) is 1.70. The van der Waals surface area contributed by atoms with E-state index in [1.54, 1.807) is 4.90 Å². The van der Waals surface area contributed by atoms with Gasteiger partial charge in [-0.25, -0.2) is 4.79 Å². The van der Waals surface area contributed by atoms with Gasteiger partial charge in [0.25, 0.3) is 0 Å². The average molecular weight is 334 g/mol. The van der Waals surface area contributed by atoms with Gasteiger partial charge in [0.1, 0.15) is 5.60 Å². The monoisotopic (exact) mass is 334 g/mol. The minimum absolute atomic E-state index is 0.0323. The molecule has 1 aromatic rings. The summed E-state index contributed by atoms with van der Waals surface area (Å²) in [5.41, 5.74) is 0.658. The molecule has 134 valence electrons. The Morgan fingerprint density at radius 1 is 1.29 bits per heavy atom. The summed E-state index contributed by atoms with van der Waals surface area (Å²) < 4.78 is 5.42. The second-order valence-electron chi connectivity index (χ2n) is 7.46. The minimum Gasteiger partial charge on any atom is -0.444 e. The van der Waals surface area contributed by atoms with Gasteiger partial charge in [0.05, 0.1) is 12.6 Å². The highest BCUT2D eigenvalue weighted by molar-refractivity contribution is 5.68. The summed E-state index contributed by atoms with van der Waals surface area (Å²) in [6, 6.07) is 9.97. The average Bonchev–Trinajstić information content (AvgIpc) is 2.55. The molecule has 1 unspecified atom stereocenters. The lowest BCUT2D eigenvalue weighted by Gasteiger charge is -2.34. The fraction of sp³-hybridized carbons (Fsp3) is 0.632. The highest BCUT2D eigenvalue weighted by atomic mass is 16.6. The second kappa shape index (κ2) is 8.49. The van der Waals surface area contributed by atoms with E-state index in [9.17, 15) is 9.90 Å². The van der Waals surface area contributed by atoms with Crippen LogP contribution in [0.2, 0.25) is 0 Å². The van der Waals surface area contributed by atoms with E-state index >= 15 is 0 Å². The van der Waals surface area contributed by atoms with Crippen molar-refractivity contribution in [3.63, 3.8) is 0 Å². The van der Waals surface area contributed by atoms with E-state index in [1.165, 1.54) is 0 Å². The van der Waals surface area contributed by atoms with E-state index < -0.39 is 5.60 Å². The van der Waals surface area contributed by atoms with Crippen LogP contribution in [0.1, 0.15) is 45.2 Å². The number of carbonyl (C=O) groups excluding carboxylic acids is 1.